The second kappa shape index (κ2) is 10.6. The average molecular weight is 654 g/mol. The van der Waals surface area contributed by atoms with E-state index in [1.807, 2.05) is 0 Å². The van der Waals surface area contributed by atoms with Crippen molar-refractivity contribution in [1.82, 2.24) is 4.57 Å². The summed E-state index contributed by atoms with van der Waals surface area (Å²) >= 11 is 3.93. The first-order valence-electron chi connectivity index (χ1n) is 15.6. The summed E-state index contributed by atoms with van der Waals surface area (Å²) in [5, 5.41) is 2.51. The minimum Gasteiger partial charge on any atom is -0.310 e. The number of fused-ring (bicyclic) bond motifs is 5. The highest BCUT2D eigenvalue weighted by molar-refractivity contribution is 9.10. The summed E-state index contributed by atoms with van der Waals surface area (Å²) in [5.74, 6) is 0. The number of para-hydroxylation sites is 4. The van der Waals surface area contributed by atoms with Gasteiger partial charge >= 0.3 is 0 Å². The highest BCUT2D eigenvalue weighted by Gasteiger charge is 2.46. The molecule has 0 saturated carbocycles. The molecule has 0 atom stereocenters. The van der Waals surface area contributed by atoms with E-state index in [4.69, 9.17) is 0 Å². The zero-order chi connectivity index (χ0) is 30.7. The van der Waals surface area contributed by atoms with Crippen LogP contribution in [0.15, 0.2) is 180 Å². The van der Waals surface area contributed by atoms with E-state index in [1.165, 1.54) is 55.4 Å². The van der Waals surface area contributed by atoms with E-state index in [1.54, 1.807) is 0 Å². The Morgan fingerprint density at radius 3 is 1.39 bits per heavy atom. The normalized spacial score (nSPS) is 13.5. The van der Waals surface area contributed by atoms with E-state index in [9.17, 15) is 0 Å². The Kier molecular flexibility index (Phi) is 6.22. The van der Waals surface area contributed by atoms with Gasteiger partial charge in [-0.25, -0.2) is 0 Å². The number of hydrogen-bond acceptors (Lipinski definition) is 1. The van der Waals surface area contributed by atoms with Gasteiger partial charge in [-0.15, -0.1) is 0 Å². The largest absolute Gasteiger partial charge is 0.310 e. The van der Waals surface area contributed by atoms with Crippen molar-refractivity contribution in [3.05, 3.63) is 203 Å². The van der Waals surface area contributed by atoms with E-state index in [2.05, 4.69) is 201 Å². The van der Waals surface area contributed by atoms with Gasteiger partial charge in [0.05, 0.1) is 27.8 Å². The Bertz CT molecular complexity index is 2250. The second-order valence-corrected chi connectivity index (χ2v) is 12.8. The summed E-state index contributed by atoms with van der Waals surface area (Å²) in [6.07, 6.45) is 0. The first-order chi connectivity index (χ1) is 22.7. The molecule has 0 N–H and O–H groups in total. The lowest BCUT2D eigenvalue weighted by molar-refractivity contribution is 0.731. The fraction of sp³-hybridized carbons (Fsp3) is 0.0233. The van der Waals surface area contributed by atoms with Crippen LogP contribution >= 0.6 is 15.9 Å². The molecule has 8 aromatic rings. The summed E-state index contributed by atoms with van der Waals surface area (Å²) in [7, 11) is 0. The molecule has 2 heterocycles. The van der Waals surface area contributed by atoms with E-state index in [-0.39, 0.29) is 0 Å². The van der Waals surface area contributed by atoms with Gasteiger partial charge in [0.2, 0.25) is 0 Å². The van der Waals surface area contributed by atoms with Crippen LogP contribution in [0.3, 0.4) is 0 Å². The fourth-order valence-corrected chi connectivity index (χ4v) is 8.18. The molecule has 0 saturated heterocycles. The van der Waals surface area contributed by atoms with Crippen molar-refractivity contribution in [3.8, 4) is 5.69 Å². The molecular weight excluding hydrogens is 624 g/mol. The van der Waals surface area contributed by atoms with Crippen molar-refractivity contribution in [3.63, 3.8) is 0 Å². The number of hydrogen-bond donors (Lipinski definition) is 0. The topological polar surface area (TPSA) is 8.17 Å². The average Bonchev–Trinajstić information content (AvgIpc) is 3.45. The zero-order valence-corrected chi connectivity index (χ0v) is 26.6. The number of anilines is 3. The first kappa shape index (κ1) is 27.0. The van der Waals surface area contributed by atoms with Crippen LogP contribution in [0.5, 0.6) is 0 Å². The third kappa shape index (κ3) is 3.88. The molecule has 0 fully saturated rings. The third-order valence-electron chi connectivity index (χ3n) is 9.48. The minimum atomic E-state index is -0.492. The van der Waals surface area contributed by atoms with Crippen LogP contribution in [-0.2, 0) is 5.41 Å². The molecule has 46 heavy (non-hydrogen) atoms. The van der Waals surface area contributed by atoms with Gasteiger partial charge in [0.15, 0.2) is 0 Å². The molecule has 0 unspecified atom stereocenters. The van der Waals surface area contributed by atoms with E-state index >= 15 is 0 Å². The van der Waals surface area contributed by atoms with Crippen molar-refractivity contribution in [2.24, 2.45) is 0 Å². The summed E-state index contributed by atoms with van der Waals surface area (Å²) < 4.78 is 3.42. The molecule has 218 valence electrons. The van der Waals surface area contributed by atoms with Crippen molar-refractivity contribution in [2.45, 2.75) is 5.41 Å². The lowest BCUT2D eigenvalue weighted by atomic mass is 9.62. The number of rotatable bonds is 4. The predicted molar refractivity (Wildman–Crippen MR) is 195 cm³/mol. The van der Waals surface area contributed by atoms with Gasteiger partial charge in [0, 0.05) is 26.6 Å². The summed E-state index contributed by atoms with van der Waals surface area (Å²) in [6, 6.07) is 63.9. The lowest BCUT2D eigenvalue weighted by Gasteiger charge is -2.46. The highest BCUT2D eigenvalue weighted by atomic mass is 79.9. The van der Waals surface area contributed by atoms with Gasteiger partial charge in [0.1, 0.15) is 0 Å². The number of aromatic nitrogens is 1. The van der Waals surface area contributed by atoms with Crippen LogP contribution < -0.4 is 4.90 Å². The van der Waals surface area contributed by atoms with Crippen LogP contribution in [0.25, 0.3) is 27.5 Å². The quantitative estimate of drug-likeness (QED) is 0.184. The maximum atomic E-state index is 3.93. The van der Waals surface area contributed by atoms with Crippen LogP contribution in [0, 0.1) is 0 Å². The molecule has 0 bridgehead atoms. The molecule has 2 nitrogen and oxygen atoms in total. The first-order valence-corrected chi connectivity index (χ1v) is 16.4. The second-order valence-electron chi connectivity index (χ2n) is 11.9. The number of benzene rings is 7. The molecule has 1 aliphatic heterocycles. The Labute approximate surface area is 276 Å². The van der Waals surface area contributed by atoms with Gasteiger partial charge < -0.3 is 9.47 Å². The zero-order valence-electron chi connectivity index (χ0n) is 25.0. The maximum Gasteiger partial charge on any atom is 0.0742 e. The predicted octanol–water partition coefficient (Wildman–Crippen LogP) is 11.7. The van der Waals surface area contributed by atoms with E-state index in [0.717, 1.165) is 15.8 Å². The van der Waals surface area contributed by atoms with Crippen LogP contribution in [-0.4, -0.2) is 4.57 Å². The van der Waals surface area contributed by atoms with Crippen molar-refractivity contribution >= 4 is 54.8 Å². The van der Waals surface area contributed by atoms with Crippen LogP contribution in [0.1, 0.15) is 22.3 Å². The highest BCUT2D eigenvalue weighted by Crippen LogP contribution is 2.57. The van der Waals surface area contributed by atoms with Gasteiger partial charge in [-0.05, 0) is 64.7 Å². The van der Waals surface area contributed by atoms with Crippen molar-refractivity contribution < 1.29 is 0 Å². The van der Waals surface area contributed by atoms with E-state index < -0.39 is 5.41 Å². The maximum absolute atomic E-state index is 3.93. The summed E-state index contributed by atoms with van der Waals surface area (Å²) in [4.78, 5) is 2.44. The van der Waals surface area contributed by atoms with Gasteiger partial charge in [0.25, 0.3) is 0 Å². The Morgan fingerprint density at radius 2 is 0.848 bits per heavy atom. The molecule has 0 radical (unpaired) electrons. The summed E-state index contributed by atoms with van der Waals surface area (Å²) in [5.41, 5.74) is 11.4. The number of nitrogens with zero attached hydrogens (tertiary/aromatic N) is 2. The molecule has 0 amide bonds. The third-order valence-corrected chi connectivity index (χ3v) is 9.93. The molecule has 9 rings (SSSR count). The number of halogens is 1. The molecular formula is C43H29BrN2. The monoisotopic (exact) mass is 652 g/mol. The standard InChI is InChI=1S/C43H29BrN2/c44-32-27-33(45-39-23-11-7-19-35(39)36-20-8-12-24-40(36)45)29-34(28-32)46-41-25-13-9-21-37(41)43(30-15-3-1-4-16-30,31-17-5-2-6-18-31)38-22-10-14-26-42(38)46/h1-29H. The van der Waals surface area contributed by atoms with Gasteiger partial charge in [-0.3, -0.25) is 0 Å². The molecule has 1 aliphatic rings. The molecule has 3 heteroatoms. The lowest BCUT2D eigenvalue weighted by Crippen LogP contribution is -2.37. The molecule has 0 aliphatic carbocycles. The van der Waals surface area contributed by atoms with Crippen molar-refractivity contribution in [2.75, 3.05) is 4.90 Å². The Morgan fingerprint density at radius 1 is 0.413 bits per heavy atom. The minimum absolute atomic E-state index is 0.492. The fourth-order valence-electron chi connectivity index (χ4n) is 7.71. The van der Waals surface area contributed by atoms with E-state index in [0.29, 0.717) is 0 Å². The Balaban J connectivity index is 1.34. The molecule has 0 spiro atoms. The van der Waals surface area contributed by atoms with Gasteiger partial charge in [-0.2, -0.15) is 0 Å². The summed E-state index contributed by atoms with van der Waals surface area (Å²) in [6.45, 7) is 0. The smallest absolute Gasteiger partial charge is 0.0742 e. The SMILES string of the molecule is Brc1cc(N2c3ccccc3C(c3ccccc3)(c3ccccc3)c3ccccc32)cc(-n2c3ccccc3c3ccccc32)c1. The van der Waals surface area contributed by atoms with Crippen LogP contribution in [0.4, 0.5) is 17.1 Å². The molecule has 1 aromatic heterocycles. The molecule has 7 aromatic carbocycles. The Hall–Kier alpha value is -5.38. The van der Waals surface area contributed by atoms with Gasteiger partial charge in [-0.1, -0.05) is 149 Å². The van der Waals surface area contributed by atoms with Crippen molar-refractivity contribution in [1.29, 1.82) is 0 Å². The van der Waals surface area contributed by atoms with Crippen LogP contribution in [0.2, 0.25) is 0 Å².